The average molecular weight is 405 g/mol. The molecule has 1 aromatic carbocycles. The maximum absolute atomic E-state index is 12.1. The molecule has 0 bridgehead atoms. The Morgan fingerprint density at radius 1 is 1.17 bits per heavy atom. The minimum atomic E-state index is -0.210. The molecule has 0 saturated heterocycles. The predicted octanol–water partition coefficient (Wildman–Crippen LogP) is 5.38. The minimum Gasteiger partial charge on any atom is -0.324 e. The zero-order chi connectivity index (χ0) is 16.4. The number of carbonyl (C=O) groups is 1. The van der Waals surface area contributed by atoms with Crippen molar-refractivity contribution in [3.05, 3.63) is 45.0 Å². The highest BCUT2D eigenvalue weighted by molar-refractivity contribution is 8.00. The van der Waals surface area contributed by atoms with Gasteiger partial charge >= 0.3 is 0 Å². The second-order valence-corrected chi connectivity index (χ2v) is 7.50. The van der Waals surface area contributed by atoms with Gasteiger partial charge in [0.15, 0.2) is 0 Å². The van der Waals surface area contributed by atoms with E-state index in [9.17, 15) is 4.79 Å². The number of nitrogens with zero attached hydrogens (tertiary/aromatic N) is 2. The number of benzene rings is 1. The van der Waals surface area contributed by atoms with Crippen molar-refractivity contribution in [3.8, 4) is 0 Å². The molecule has 0 radical (unpaired) electrons. The molecule has 0 atom stereocenters. The van der Waals surface area contributed by atoms with E-state index in [0.29, 0.717) is 20.8 Å². The van der Waals surface area contributed by atoms with E-state index in [4.69, 9.17) is 34.8 Å². The van der Waals surface area contributed by atoms with Crippen molar-refractivity contribution in [2.24, 2.45) is 0 Å². The second-order valence-electron chi connectivity index (χ2n) is 4.40. The van der Waals surface area contributed by atoms with Gasteiger partial charge in [-0.2, -0.15) is 0 Å². The Morgan fingerprint density at radius 2 is 1.96 bits per heavy atom. The van der Waals surface area contributed by atoms with Gasteiger partial charge in [0.05, 0.1) is 36.7 Å². The Bertz CT molecular complexity index is 885. The molecule has 4 nitrogen and oxygen atoms in total. The Morgan fingerprint density at radius 3 is 2.78 bits per heavy atom. The zero-order valence-electron chi connectivity index (χ0n) is 11.3. The lowest BCUT2D eigenvalue weighted by atomic mass is 10.3. The van der Waals surface area contributed by atoms with Gasteiger partial charge in [-0.3, -0.25) is 4.79 Å². The summed E-state index contributed by atoms with van der Waals surface area (Å²) < 4.78 is 0.970. The number of thioether (sulfide) groups is 1. The first-order valence-corrected chi connectivity index (χ1v) is 9.30. The molecule has 118 valence electrons. The van der Waals surface area contributed by atoms with Gasteiger partial charge in [-0.1, -0.05) is 46.6 Å². The number of nitrogens with one attached hydrogen (secondary N) is 1. The summed E-state index contributed by atoms with van der Waals surface area (Å²) in [6, 6.07) is 4.94. The molecule has 0 aliphatic carbocycles. The van der Waals surface area contributed by atoms with E-state index in [2.05, 4.69) is 15.3 Å². The molecule has 0 unspecified atom stereocenters. The van der Waals surface area contributed by atoms with Crippen molar-refractivity contribution in [2.45, 2.75) is 5.03 Å². The van der Waals surface area contributed by atoms with E-state index in [1.54, 1.807) is 11.3 Å². The van der Waals surface area contributed by atoms with E-state index < -0.39 is 0 Å². The largest absolute Gasteiger partial charge is 0.324 e. The Hall–Kier alpha value is -1.05. The van der Waals surface area contributed by atoms with Crippen LogP contribution in [0.4, 0.5) is 5.69 Å². The molecule has 0 aliphatic heterocycles. The van der Waals surface area contributed by atoms with Crippen LogP contribution in [-0.4, -0.2) is 21.6 Å². The molecule has 1 amide bonds. The quantitative estimate of drug-likeness (QED) is 0.360. The lowest BCUT2D eigenvalue weighted by molar-refractivity contribution is -0.113. The number of aromatic nitrogens is 2. The van der Waals surface area contributed by atoms with E-state index in [-0.39, 0.29) is 11.7 Å². The van der Waals surface area contributed by atoms with Crippen LogP contribution < -0.4 is 5.32 Å². The van der Waals surface area contributed by atoms with Gasteiger partial charge in [0.25, 0.3) is 0 Å². The van der Waals surface area contributed by atoms with Gasteiger partial charge in [0.1, 0.15) is 11.4 Å². The number of carbonyl (C=O) groups excluding carboxylic acids is 1. The van der Waals surface area contributed by atoms with Gasteiger partial charge < -0.3 is 5.32 Å². The molecule has 2 heterocycles. The second kappa shape index (κ2) is 7.23. The van der Waals surface area contributed by atoms with Crippen molar-refractivity contribution in [2.75, 3.05) is 11.1 Å². The van der Waals surface area contributed by atoms with Gasteiger partial charge in [-0.15, -0.1) is 11.3 Å². The maximum Gasteiger partial charge on any atom is 0.234 e. The first-order valence-electron chi connectivity index (χ1n) is 6.30. The number of hydrogen-bond acceptors (Lipinski definition) is 5. The van der Waals surface area contributed by atoms with Crippen LogP contribution in [0.3, 0.4) is 0 Å². The number of halogens is 3. The lowest BCUT2D eigenvalue weighted by Crippen LogP contribution is -2.14. The van der Waals surface area contributed by atoms with E-state index in [1.165, 1.54) is 30.2 Å². The van der Waals surface area contributed by atoms with Gasteiger partial charge in [-0.05, 0) is 23.6 Å². The Kier molecular flexibility index (Phi) is 5.28. The fourth-order valence-electron chi connectivity index (χ4n) is 1.81. The lowest BCUT2D eigenvalue weighted by Gasteiger charge is -2.08. The van der Waals surface area contributed by atoms with Crippen molar-refractivity contribution in [1.82, 2.24) is 9.97 Å². The third kappa shape index (κ3) is 3.89. The molecular formula is C14H8Cl3N3OS2. The standard InChI is InChI=1S/C14H8Cl3N3OS2/c15-7-3-9(17)11(4-8(7)16)20-12(21)5-23-14-13-10(1-2-22-13)18-6-19-14/h1-4,6H,5H2,(H,20,21). The summed E-state index contributed by atoms with van der Waals surface area (Å²) in [4.78, 5) is 20.5. The van der Waals surface area contributed by atoms with Gasteiger partial charge in [0.2, 0.25) is 5.91 Å². The molecule has 23 heavy (non-hydrogen) atoms. The highest BCUT2D eigenvalue weighted by Gasteiger charge is 2.12. The van der Waals surface area contributed by atoms with Crippen LogP contribution in [0.25, 0.3) is 10.2 Å². The van der Waals surface area contributed by atoms with Crippen LogP contribution in [0.5, 0.6) is 0 Å². The smallest absolute Gasteiger partial charge is 0.234 e. The first-order chi connectivity index (χ1) is 11.0. The molecule has 0 spiro atoms. The van der Waals surface area contributed by atoms with Gasteiger partial charge in [-0.25, -0.2) is 9.97 Å². The normalized spacial score (nSPS) is 10.9. The van der Waals surface area contributed by atoms with Crippen molar-refractivity contribution in [3.63, 3.8) is 0 Å². The SMILES string of the molecule is O=C(CSc1ncnc2ccsc12)Nc1cc(Cl)c(Cl)cc1Cl. The number of fused-ring (bicyclic) bond motifs is 1. The molecular weight excluding hydrogens is 397 g/mol. The van der Waals surface area contributed by atoms with E-state index >= 15 is 0 Å². The Labute approximate surface area is 155 Å². The van der Waals surface area contributed by atoms with Crippen LogP contribution in [0.2, 0.25) is 15.1 Å². The number of rotatable bonds is 4. The highest BCUT2D eigenvalue weighted by Crippen LogP contribution is 2.33. The molecule has 2 aromatic heterocycles. The van der Waals surface area contributed by atoms with Crippen LogP contribution in [0, 0.1) is 0 Å². The molecule has 0 saturated carbocycles. The fourth-order valence-corrected chi connectivity index (χ4v) is 4.15. The van der Waals surface area contributed by atoms with Crippen LogP contribution in [0.15, 0.2) is 34.9 Å². The van der Waals surface area contributed by atoms with E-state index in [0.717, 1.165) is 15.2 Å². The maximum atomic E-state index is 12.1. The summed E-state index contributed by atoms with van der Waals surface area (Å²) >= 11 is 20.7. The molecule has 3 rings (SSSR count). The first kappa shape index (κ1) is 16.8. The molecule has 1 N–H and O–H groups in total. The van der Waals surface area contributed by atoms with Gasteiger partial charge in [0, 0.05) is 0 Å². The predicted molar refractivity (Wildman–Crippen MR) is 98.2 cm³/mol. The minimum absolute atomic E-state index is 0.195. The summed E-state index contributed by atoms with van der Waals surface area (Å²) in [5.74, 6) is -0.0146. The van der Waals surface area contributed by atoms with Crippen molar-refractivity contribution < 1.29 is 4.79 Å². The van der Waals surface area contributed by atoms with Crippen LogP contribution in [-0.2, 0) is 4.79 Å². The summed E-state index contributed by atoms with van der Waals surface area (Å²) in [6.07, 6.45) is 1.49. The van der Waals surface area contributed by atoms with Crippen LogP contribution >= 0.6 is 57.9 Å². The number of amides is 1. The van der Waals surface area contributed by atoms with Crippen molar-refractivity contribution >= 4 is 79.7 Å². The average Bonchev–Trinajstić information content (AvgIpc) is 2.99. The highest BCUT2D eigenvalue weighted by atomic mass is 35.5. The van der Waals surface area contributed by atoms with E-state index in [1.807, 2.05) is 11.4 Å². The third-order valence-corrected chi connectivity index (χ3v) is 5.90. The number of hydrogen-bond donors (Lipinski definition) is 1. The van der Waals surface area contributed by atoms with Crippen LogP contribution in [0.1, 0.15) is 0 Å². The molecule has 0 fully saturated rings. The summed E-state index contributed by atoms with van der Waals surface area (Å²) in [6.45, 7) is 0. The molecule has 0 aliphatic rings. The number of thiophene rings is 1. The summed E-state index contributed by atoms with van der Waals surface area (Å²) in [5.41, 5.74) is 1.30. The Balaban J connectivity index is 1.68. The molecule has 3 aromatic rings. The molecule has 9 heteroatoms. The third-order valence-electron chi connectivity index (χ3n) is 2.83. The fraction of sp³-hybridized carbons (Fsp3) is 0.0714. The van der Waals surface area contributed by atoms with Crippen molar-refractivity contribution in [1.29, 1.82) is 0 Å². The summed E-state index contributed by atoms with van der Waals surface area (Å²) in [5, 5.41) is 6.44. The topological polar surface area (TPSA) is 54.9 Å². The number of anilines is 1. The zero-order valence-corrected chi connectivity index (χ0v) is 15.2. The monoisotopic (exact) mass is 403 g/mol. The summed E-state index contributed by atoms with van der Waals surface area (Å²) in [7, 11) is 0.